The summed E-state index contributed by atoms with van der Waals surface area (Å²) in [5.41, 5.74) is 5.68. The molecule has 5 heterocycles. The highest BCUT2D eigenvalue weighted by Crippen LogP contribution is 2.33. The summed E-state index contributed by atoms with van der Waals surface area (Å²) in [7, 11) is 2.19. The molecular weight excluding hydrogens is 417 g/mol. The number of aryl methyl sites for hydroxylation is 2. The van der Waals surface area contributed by atoms with Gasteiger partial charge in [-0.3, -0.25) is 9.88 Å². The molecule has 170 valence electrons. The molecule has 3 aromatic heterocycles. The minimum absolute atomic E-state index is 0.297. The van der Waals surface area contributed by atoms with Crippen LogP contribution in [-0.2, 0) is 0 Å². The van der Waals surface area contributed by atoms with Gasteiger partial charge in [0, 0.05) is 62.0 Å². The van der Waals surface area contributed by atoms with Crippen LogP contribution in [0, 0.1) is 19.7 Å². The van der Waals surface area contributed by atoms with E-state index in [9.17, 15) is 4.39 Å². The molecule has 2 saturated heterocycles. The first-order chi connectivity index (χ1) is 16.0. The third kappa shape index (κ3) is 3.54. The zero-order valence-electron chi connectivity index (χ0n) is 19.3. The molecular formula is C25H28FN7. The lowest BCUT2D eigenvalue weighted by Crippen LogP contribution is -2.63. The number of aromatic nitrogens is 4. The Morgan fingerprint density at radius 2 is 1.76 bits per heavy atom. The maximum Gasteiger partial charge on any atom is 0.162 e. The first-order valence-electron chi connectivity index (χ1n) is 11.5. The second-order valence-electron chi connectivity index (χ2n) is 9.49. The number of benzene rings is 1. The molecule has 2 fully saturated rings. The Bertz CT molecular complexity index is 1350. The Balaban J connectivity index is 1.30. The zero-order valence-corrected chi connectivity index (χ0v) is 19.3. The van der Waals surface area contributed by atoms with Crippen LogP contribution >= 0.6 is 0 Å². The van der Waals surface area contributed by atoms with Crippen LogP contribution in [0.2, 0.25) is 0 Å². The minimum atomic E-state index is -0.297. The molecule has 0 bridgehead atoms. The number of halogens is 1. The molecule has 6 rings (SSSR count). The molecule has 2 aliphatic heterocycles. The van der Waals surface area contributed by atoms with E-state index < -0.39 is 0 Å². The van der Waals surface area contributed by atoms with E-state index in [1.807, 2.05) is 49.1 Å². The van der Waals surface area contributed by atoms with E-state index in [0.717, 1.165) is 78.4 Å². The van der Waals surface area contributed by atoms with Gasteiger partial charge in [0.1, 0.15) is 11.3 Å². The van der Waals surface area contributed by atoms with Crippen molar-refractivity contribution in [1.29, 1.82) is 0 Å². The quantitative estimate of drug-likeness (QED) is 0.483. The monoisotopic (exact) mass is 445 g/mol. The molecule has 0 radical (unpaired) electrons. The van der Waals surface area contributed by atoms with Crippen molar-refractivity contribution in [3.63, 3.8) is 0 Å². The molecule has 0 spiro atoms. The van der Waals surface area contributed by atoms with Crippen LogP contribution in [0.25, 0.3) is 27.7 Å². The Labute approximate surface area is 192 Å². The van der Waals surface area contributed by atoms with E-state index in [2.05, 4.69) is 31.8 Å². The van der Waals surface area contributed by atoms with Crippen molar-refractivity contribution in [1.82, 2.24) is 29.4 Å². The van der Waals surface area contributed by atoms with Crippen LogP contribution < -0.4 is 4.90 Å². The van der Waals surface area contributed by atoms with Gasteiger partial charge in [-0.2, -0.15) is 5.10 Å². The summed E-state index contributed by atoms with van der Waals surface area (Å²) in [6, 6.07) is 6.12. The summed E-state index contributed by atoms with van der Waals surface area (Å²) < 4.78 is 16.5. The predicted octanol–water partition coefficient (Wildman–Crippen LogP) is 3.14. The molecule has 2 aliphatic rings. The van der Waals surface area contributed by atoms with E-state index in [4.69, 9.17) is 4.98 Å². The molecule has 0 aliphatic carbocycles. The third-order valence-electron chi connectivity index (χ3n) is 7.05. The van der Waals surface area contributed by atoms with Crippen molar-refractivity contribution in [2.24, 2.45) is 0 Å². The standard InChI is InChI=1S/C25H28FN7/c1-16-8-21-20(10-17(2)29-24(21)23(26)9-16)22-12-28-33-15-18(11-27-25(22)33)32-13-19(14-32)31-6-4-30(3)5-7-31/h8-12,15,19H,4-7,13-14H2,1-3H3. The fourth-order valence-corrected chi connectivity index (χ4v) is 5.07. The van der Waals surface area contributed by atoms with Crippen molar-refractivity contribution in [3.05, 3.63) is 53.9 Å². The van der Waals surface area contributed by atoms with Gasteiger partial charge in [-0.15, -0.1) is 0 Å². The SMILES string of the molecule is Cc1cc(F)c2nc(C)cc(-c3cnn4cc(N5CC(N6CCN(C)CC6)C5)cnc34)c2c1. The zero-order chi connectivity index (χ0) is 22.7. The third-order valence-corrected chi connectivity index (χ3v) is 7.05. The summed E-state index contributed by atoms with van der Waals surface area (Å²) in [5.74, 6) is -0.297. The van der Waals surface area contributed by atoms with Crippen LogP contribution in [-0.4, -0.2) is 81.7 Å². The van der Waals surface area contributed by atoms with Crippen LogP contribution in [0.15, 0.2) is 36.8 Å². The van der Waals surface area contributed by atoms with Gasteiger partial charge in [0.15, 0.2) is 5.65 Å². The fourth-order valence-electron chi connectivity index (χ4n) is 5.07. The van der Waals surface area contributed by atoms with Gasteiger partial charge in [-0.05, 0) is 50.2 Å². The van der Waals surface area contributed by atoms with Crippen LogP contribution in [0.1, 0.15) is 11.3 Å². The molecule has 4 aromatic rings. The number of rotatable bonds is 3. The van der Waals surface area contributed by atoms with Crippen molar-refractivity contribution in [3.8, 4) is 11.1 Å². The molecule has 33 heavy (non-hydrogen) atoms. The topological polar surface area (TPSA) is 52.8 Å². The Hall–Kier alpha value is -3.10. The van der Waals surface area contributed by atoms with Crippen LogP contribution in [0.5, 0.6) is 0 Å². The lowest BCUT2D eigenvalue weighted by molar-refractivity contribution is 0.0963. The summed E-state index contributed by atoms with van der Waals surface area (Å²) in [4.78, 5) is 16.6. The largest absolute Gasteiger partial charge is 0.366 e. The molecule has 0 atom stereocenters. The van der Waals surface area contributed by atoms with E-state index >= 15 is 0 Å². The number of piperazine rings is 1. The first kappa shape index (κ1) is 20.5. The van der Waals surface area contributed by atoms with Crippen molar-refractivity contribution >= 4 is 22.2 Å². The Morgan fingerprint density at radius 3 is 2.55 bits per heavy atom. The van der Waals surface area contributed by atoms with Gasteiger partial charge in [-0.1, -0.05) is 0 Å². The molecule has 7 nitrogen and oxygen atoms in total. The molecule has 0 unspecified atom stereocenters. The number of nitrogens with zero attached hydrogens (tertiary/aromatic N) is 7. The smallest absolute Gasteiger partial charge is 0.162 e. The second kappa shape index (κ2) is 7.74. The maximum absolute atomic E-state index is 14.6. The number of hydrogen-bond donors (Lipinski definition) is 0. The minimum Gasteiger partial charge on any atom is -0.366 e. The number of fused-ring (bicyclic) bond motifs is 2. The van der Waals surface area contributed by atoms with Gasteiger partial charge in [0.05, 0.1) is 24.3 Å². The van der Waals surface area contributed by atoms with Gasteiger partial charge in [0.25, 0.3) is 0 Å². The fraction of sp³-hybridized carbons (Fsp3) is 0.400. The predicted molar refractivity (Wildman–Crippen MR) is 128 cm³/mol. The number of pyridine rings is 1. The highest BCUT2D eigenvalue weighted by Gasteiger charge is 2.33. The molecule has 1 aromatic carbocycles. The molecule has 8 heteroatoms. The Kier molecular flexibility index (Phi) is 4.81. The average molecular weight is 446 g/mol. The normalized spacial score (nSPS) is 18.4. The maximum atomic E-state index is 14.6. The van der Waals surface area contributed by atoms with Crippen LogP contribution in [0.3, 0.4) is 0 Å². The van der Waals surface area contributed by atoms with Gasteiger partial charge >= 0.3 is 0 Å². The highest BCUT2D eigenvalue weighted by molar-refractivity contribution is 5.98. The number of anilines is 1. The summed E-state index contributed by atoms with van der Waals surface area (Å²) >= 11 is 0. The van der Waals surface area contributed by atoms with E-state index in [1.54, 1.807) is 0 Å². The summed E-state index contributed by atoms with van der Waals surface area (Å²) in [6.07, 6.45) is 5.81. The van der Waals surface area contributed by atoms with Gasteiger partial charge in [0.2, 0.25) is 0 Å². The highest BCUT2D eigenvalue weighted by atomic mass is 19.1. The first-order valence-corrected chi connectivity index (χ1v) is 11.5. The summed E-state index contributed by atoms with van der Waals surface area (Å²) in [6.45, 7) is 10.4. The molecule has 0 N–H and O–H groups in total. The second-order valence-corrected chi connectivity index (χ2v) is 9.49. The molecule has 0 amide bonds. The number of hydrogen-bond acceptors (Lipinski definition) is 6. The van der Waals surface area contributed by atoms with Crippen molar-refractivity contribution in [2.75, 3.05) is 51.2 Å². The average Bonchev–Trinajstić information content (AvgIpc) is 3.17. The van der Waals surface area contributed by atoms with Crippen LogP contribution in [0.4, 0.5) is 10.1 Å². The van der Waals surface area contributed by atoms with Gasteiger partial charge in [-0.25, -0.2) is 13.9 Å². The lowest BCUT2D eigenvalue weighted by Gasteiger charge is -2.48. The lowest BCUT2D eigenvalue weighted by atomic mass is 10.0. The van der Waals surface area contributed by atoms with E-state index in [-0.39, 0.29) is 5.82 Å². The summed E-state index contributed by atoms with van der Waals surface area (Å²) in [5, 5.41) is 5.38. The molecule has 0 saturated carbocycles. The van der Waals surface area contributed by atoms with Gasteiger partial charge < -0.3 is 9.80 Å². The number of likely N-dealkylation sites (N-methyl/N-ethyl adjacent to an activating group) is 1. The van der Waals surface area contributed by atoms with E-state index in [0.29, 0.717) is 11.6 Å². The van der Waals surface area contributed by atoms with Crippen molar-refractivity contribution < 1.29 is 4.39 Å². The van der Waals surface area contributed by atoms with E-state index in [1.165, 1.54) is 6.07 Å². The Morgan fingerprint density at radius 1 is 0.970 bits per heavy atom. The van der Waals surface area contributed by atoms with Crippen molar-refractivity contribution in [2.45, 2.75) is 19.9 Å².